The molecule has 0 bridgehead atoms. The number of hydrogen-bond acceptors (Lipinski definition) is 4. The summed E-state index contributed by atoms with van der Waals surface area (Å²) in [5, 5.41) is 6.39. The van der Waals surface area contributed by atoms with Crippen LogP contribution in [0.15, 0.2) is 91.3 Å². The Hall–Kier alpha value is -3.99. The maximum Gasteiger partial charge on any atom is 0.251 e. The predicted octanol–water partition coefficient (Wildman–Crippen LogP) is 5.95. The standard InChI is InChI=1S/C28H28N4O/c1-20-11-15-23(16-12-20)26-18-27(30-19-29-26)32-25-10-6-9-24(17-25)28(33)31-21(2)13-14-22-7-4-3-5-8-22/h3-12,15-19,21H,13-14H2,1-2H3,(H,31,33)(H,29,30,32)/t21-/m1/s1. The second-order valence-electron chi connectivity index (χ2n) is 8.26. The van der Waals surface area contributed by atoms with Gasteiger partial charge >= 0.3 is 0 Å². The van der Waals surface area contributed by atoms with Crippen molar-refractivity contribution in [2.45, 2.75) is 32.7 Å². The van der Waals surface area contributed by atoms with Crippen molar-refractivity contribution in [2.75, 3.05) is 5.32 Å². The molecule has 0 aliphatic carbocycles. The largest absolute Gasteiger partial charge is 0.350 e. The van der Waals surface area contributed by atoms with Crippen molar-refractivity contribution in [1.29, 1.82) is 0 Å². The van der Waals surface area contributed by atoms with Gasteiger partial charge in [0.2, 0.25) is 0 Å². The Bertz CT molecular complexity index is 1210. The molecule has 0 spiro atoms. The first-order valence-electron chi connectivity index (χ1n) is 11.2. The number of aryl methyl sites for hydroxylation is 2. The highest BCUT2D eigenvalue weighted by molar-refractivity contribution is 5.95. The summed E-state index contributed by atoms with van der Waals surface area (Å²) in [7, 11) is 0. The van der Waals surface area contributed by atoms with E-state index >= 15 is 0 Å². The molecule has 4 aromatic rings. The van der Waals surface area contributed by atoms with Gasteiger partial charge in [0.25, 0.3) is 5.91 Å². The Morgan fingerprint density at radius 1 is 0.909 bits per heavy atom. The summed E-state index contributed by atoms with van der Waals surface area (Å²) in [5.41, 5.74) is 5.76. The van der Waals surface area contributed by atoms with Gasteiger partial charge in [-0.2, -0.15) is 0 Å². The molecule has 33 heavy (non-hydrogen) atoms. The molecular weight excluding hydrogens is 408 g/mol. The maximum absolute atomic E-state index is 12.8. The second kappa shape index (κ2) is 10.6. The molecule has 0 unspecified atom stereocenters. The first kappa shape index (κ1) is 22.2. The minimum Gasteiger partial charge on any atom is -0.350 e. The van der Waals surface area contributed by atoms with E-state index in [9.17, 15) is 4.79 Å². The molecule has 0 fully saturated rings. The quantitative estimate of drug-likeness (QED) is 0.358. The molecule has 5 heteroatoms. The fourth-order valence-corrected chi connectivity index (χ4v) is 3.60. The highest BCUT2D eigenvalue weighted by Gasteiger charge is 2.11. The highest BCUT2D eigenvalue weighted by Crippen LogP contribution is 2.22. The van der Waals surface area contributed by atoms with Gasteiger partial charge in [-0.15, -0.1) is 0 Å². The molecule has 1 amide bonds. The van der Waals surface area contributed by atoms with E-state index < -0.39 is 0 Å². The molecule has 0 aliphatic rings. The third-order valence-corrected chi connectivity index (χ3v) is 5.50. The predicted molar refractivity (Wildman–Crippen MR) is 134 cm³/mol. The molecule has 3 aromatic carbocycles. The summed E-state index contributed by atoms with van der Waals surface area (Å²) in [6.45, 7) is 4.10. The Balaban J connectivity index is 1.39. The van der Waals surface area contributed by atoms with Crippen molar-refractivity contribution in [3.8, 4) is 11.3 Å². The van der Waals surface area contributed by atoms with Gasteiger partial charge in [0.05, 0.1) is 5.69 Å². The van der Waals surface area contributed by atoms with E-state index in [1.807, 2.05) is 67.6 Å². The minimum atomic E-state index is -0.0813. The highest BCUT2D eigenvalue weighted by atomic mass is 16.1. The van der Waals surface area contributed by atoms with Crippen LogP contribution >= 0.6 is 0 Å². The SMILES string of the molecule is Cc1ccc(-c2cc(Nc3cccc(C(=O)N[C@H](C)CCc4ccccc4)c3)ncn2)cc1. The van der Waals surface area contributed by atoms with E-state index in [1.165, 1.54) is 11.1 Å². The van der Waals surface area contributed by atoms with Crippen LogP contribution in [0.5, 0.6) is 0 Å². The number of carbonyl (C=O) groups is 1. The van der Waals surface area contributed by atoms with Crippen LogP contribution in [-0.2, 0) is 6.42 Å². The van der Waals surface area contributed by atoms with E-state index in [0.29, 0.717) is 11.4 Å². The van der Waals surface area contributed by atoms with Crippen LogP contribution < -0.4 is 10.6 Å². The Morgan fingerprint density at radius 3 is 2.48 bits per heavy atom. The van der Waals surface area contributed by atoms with Crippen LogP contribution in [0.3, 0.4) is 0 Å². The van der Waals surface area contributed by atoms with E-state index in [1.54, 1.807) is 6.33 Å². The number of anilines is 2. The molecule has 0 saturated heterocycles. The lowest BCUT2D eigenvalue weighted by Crippen LogP contribution is -2.32. The smallest absolute Gasteiger partial charge is 0.251 e. The summed E-state index contributed by atoms with van der Waals surface area (Å²) in [4.78, 5) is 21.5. The fourth-order valence-electron chi connectivity index (χ4n) is 3.60. The van der Waals surface area contributed by atoms with Crippen molar-refractivity contribution in [3.05, 3.63) is 108 Å². The number of hydrogen-bond donors (Lipinski definition) is 2. The van der Waals surface area contributed by atoms with Crippen LogP contribution in [0.2, 0.25) is 0 Å². The van der Waals surface area contributed by atoms with Crippen LogP contribution in [-0.4, -0.2) is 21.9 Å². The lowest BCUT2D eigenvalue weighted by molar-refractivity contribution is 0.0938. The van der Waals surface area contributed by atoms with Crippen molar-refractivity contribution in [2.24, 2.45) is 0 Å². The fraction of sp³-hybridized carbons (Fsp3) is 0.179. The van der Waals surface area contributed by atoms with E-state index in [2.05, 4.69) is 51.8 Å². The summed E-state index contributed by atoms with van der Waals surface area (Å²) in [6, 6.07) is 28.0. The number of nitrogens with one attached hydrogen (secondary N) is 2. The Labute approximate surface area is 194 Å². The average Bonchev–Trinajstić information content (AvgIpc) is 2.84. The minimum absolute atomic E-state index is 0.0771. The molecule has 5 nitrogen and oxygen atoms in total. The van der Waals surface area contributed by atoms with Gasteiger partial charge in [0, 0.05) is 28.9 Å². The topological polar surface area (TPSA) is 66.9 Å². The van der Waals surface area contributed by atoms with Gasteiger partial charge in [0.15, 0.2) is 0 Å². The van der Waals surface area contributed by atoms with Gasteiger partial charge in [0.1, 0.15) is 12.1 Å². The lowest BCUT2D eigenvalue weighted by atomic mass is 10.1. The summed E-state index contributed by atoms with van der Waals surface area (Å²) < 4.78 is 0. The van der Waals surface area contributed by atoms with Gasteiger partial charge in [-0.05, 0) is 50.5 Å². The molecule has 1 aromatic heterocycles. The number of benzene rings is 3. The number of rotatable bonds is 8. The second-order valence-corrected chi connectivity index (χ2v) is 8.26. The molecular formula is C28H28N4O. The van der Waals surface area contributed by atoms with E-state index in [4.69, 9.17) is 0 Å². The molecule has 2 N–H and O–H groups in total. The molecule has 4 rings (SSSR count). The van der Waals surface area contributed by atoms with Gasteiger partial charge in [-0.1, -0.05) is 66.2 Å². The molecule has 0 saturated carbocycles. The Morgan fingerprint density at radius 2 is 1.70 bits per heavy atom. The van der Waals surface area contributed by atoms with Crippen LogP contribution in [0.25, 0.3) is 11.3 Å². The zero-order valence-corrected chi connectivity index (χ0v) is 19.0. The van der Waals surface area contributed by atoms with Gasteiger partial charge in [-0.3, -0.25) is 4.79 Å². The van der Waals surface area contributed by atoms with Crippen molar-refractivity contribution in [1.82, 2.24) is 15.3 Å². The lowest BCUT2D eigenvalue weighted by Gasteiger charge is -2.15. The van der Waals surface area contributed by atoms with Crippen LogP contribution in [0, 0.1) is 6.92 Å². The molecule has 166 valence electrons. The molecule has 0 radical (unpaired) electrons. The monoisotopic (exact) mass is 436 g/mol. The van der Waals surface area contributed by atoms with Gasteiger partial charge in [-0.25, -0.2) is 9.97 Å². The zero-order valence-electron chi connectivity index (χ0n) is 19.0. The van der Waals surface area contributed by atoms with E-state index in [-0.39, 0.29) is 11.9 Å². The normalized spacial score (nSPS) is 11.6. The first-order valence-corrected chi connectivity index (χ1v) is 11.2. The number of carbonyl (C=O) groups excluding carboxylic acids is 1. The van der Waals surface area contributed by atoms with Crippen LogP contribution in [0.1, 0.15) is 34.8 Å². The van der Waals surface area contributed by atoms with Crippen molar-refractivity contribution >= 4 is 17.4 Å². The van der Waals surface area contributed by atoms with Crippen molar-refractivity contribution in [3.63, 3.8) is 0 Å². The Kier molecular flexibility index (Phi) is 7.10. The average molecular weight is 437 g/mol. The summed E-state index contributed by atoms with van der Waals surface area (Å²) in [6.07, 6.45) is 3.36. The first-order chi connectivity index (χ1) is 16.1. The van der Waals surface area contributed by atoms with Crippen molar-refractivity contribution < 1.29 is 4.79 Å². The third kappa shape index (κ3) is 6.26. The maximum atomic E-state index is 12.8. The zero-order chi connectivity index (χ0) is 23.0. The summed E-state index contributed by atoms with van der Waals surface area (Å²) in [5.74, 6) is 0.594. The molecule has 1 heterocycles. The number of nitrogens with zero attached hydrogens (tertiary/aromatic N) is 2. The van der Waals surface area contributed by atoms with Gasteiger partial charge < -0.3 is 10.6 Å². The number of aromatic nitrogens is 2. The third-order valence-electron chi connectivity index (χ3n) is 5.50. The summed E-state index contributed by atoms with van der Waals surface area (Å²) >= 11 is 0. The molecule has 1 atom stereocenters. The number of amides is 1. The van der Waals surface area contributed by atoms with E-state index in [0.717, 1.165) is 29.8 Å². The molecule has 0 aliphatic heterocycles. The van der Waals surface area contributed by atoms with Crippen LogP contribution in [0.4, 0.5) is 11.5 Å².